The molecule has 0 spiro atoms. The summed E-state index contributed by atoms with van der Waals surface area (Å²) in [7, 11) is 1.08. The molecule has 36 heavy (non-hydrogen) atoms. The van der Waals surface area contributed by atoms with Gasteiger partial charge in [0.25, 0.3) is 0 Å². The first-order valence-corrected chi connectivity index (χ1v) is 11.1. The molecule has 3 aromatic carbocycles. The van der Waals surface area contributed by atoms with Crippen LogP contribution in [0.4, 0.5) is 18.0 Å². The van der Waals surface area contributed by atoms with E-state index in [1.165, 1.54) is 18.4 Å². The van der Waals surface area contributed by atoms with Crippen molar-refractivity contribution in [2.75, 3.05) is 6.54 Å². The normalized spacial score (nSPS) is 11.9. The van der Waals surface area contributed by atoms with Crippen molar-refractivity contribution in [3.63, 3.8) is 0 Å². The predicted molar refractivity (Wildman–Crippen MR) is 133 cm³/mol. The summed E-state index contributed by atoms with van der Waals surface area (Å²) in [6.07, 6.45) is -3.02. The third kappa shape index (κ3) is 7.25. The van der Waals surface area contributed by atoms with E-state index >= 15 is 0 Å². The molecule has 0 aliphatic heterocycles. The van der Waals surface area contributed by atoms with Gasteiger partial charge in [-0.1, -0.05) is 0 Å². The summed E-state index contributed by atoms with van der Waals surface area (Å²) >= 11 is 0. The van der Waals surface area contributed by atoms with E-state index in [9.17, 15) is 18.0 Å². The average Bonchev–Trinajstić information content (AvgIpc) is 2.80. The van der Waals surface area contributed by atoms with Crippen molar-refractivity contribution in [3.05, 3.63) is 71.8 Å². The van der Waals surface area contributed by atoms with Gasteiger partial charge in [0.05, 0.1) is 0 Å². The maximum absolute atomic E-state index is 13.0. The van der Waals surface area contributed by atoms with Crippen LogP contribution in [0.25, 0.3) is 21.9 Å². The summed E-state index contributed by atoms with van der Waals surface area (Å²) in [6.45, 7) is 5.58. The van der Waals surface area contributed by atoms with Gasteiger partial charge < -0.3 is 0 Å². The molecule has 0 radical (unpaired) electrons. The molecule has 0 aliphatic carbocycles. The molecule has 0 aliphatic rings. The molecule has 1 amide bonds. The second kappa shape index (κ2) is 11.2. The van der Waals surface area contributed by atoms with E-state index in [1.807, 2.05) is 36.4 Å². The van der Waals surface area contributed by atoms with Crippen LogP contribution < -0.4 is 10.6 Å². The number of alkyl carbamates (subject to hydrolysis) is 1. The molecule has 0 heterocycles. The number of nitrogens with one attached hydrogen (secondary N) is 2. The number of alkyl halides is 3. The molecular formula is C26H25BF3N3O3. The number of benzene rings is 3. The van der Waals surface area contributed by atoms with Gasteiger partial charge in [0.2, 0.25) is 0 Å². The number of nitrogens with zero attached hydrogens (tertiary/aromatic N) is 1. The maximum atomic E-state index is 13.0. The number of carbonyl (C=O) groups is 1. The SMILES string of the molecule is CC(C)(C)OC(=O)NC(=BOC#N)NCCc1cccc2c(-c3ccc(C(F)(F)F)cc3)cccc12. The standard InChI is InChI=1S/C26H25BF3N3O3/c1-25(2,3)36-24(34)33-23(27-35-16-31)32-15-14-17-6-4-9-22-20(17)7-5-8-21(22)18-10-12-19(13-11-18)26(28,29)30/h4-13,32H,14-15H2,1-3H3,(H,33,34). The fourth-order valence-electron chi connectivity index (χ4n) is 3.63. The van der Waals surface area contributed by atoms with Gasteiger partial charge in [-0.25, -0.2) is 0 Å². The Balaban J connectivity index is 1.77. The van der Waals surface area contributed by atoms with Gasteiger partial charge in [0.1, 0.15) is 0 Å². The number of nitriles is 1. The Morgan fingerprint density at radius 2 is 1.67 bits per heavy atom. The third-order valence-electron chi connectivity index (χ3n) is 5.11. The van der Waals surface area contributed by atoms with Gasteiger partial charge in [-0.05, 0) is 0 Å². The zero-order valence-electron chi connectivity index (χ0n) is 20.1. The van der Waals surface area contributed by atoms with E-state index in [1.54, 1.807) is 20.8 Å². The van der Waals surface area contributed by atoms with Crippen LogP contribution in [-0.4, -0.2) is 31.1 Å². The number of halogens is 3. The average molecular weight is 495 g/mol. The molecule has 0 atom stereocenters. The molecular weight excluding hydrogens is 470 g/mol. The molecule has 3 aromatic rings. The summed E-state index contributed by atoms with van der Waals surface area (Å²) in [5.41, 5.74) is 1.28. The van der Waals surface area contributed by atoms with Crippen LogP contribution in [0.2, 0.25) is 0 Å². The number of rotatable bonds is 7. The van der Waals surface area contributed by atoms with E-state index in [0.29, 0.717) is 18.5 Å². The van der Waals surface area contributed by atoms with Gasteiger partial charge in [0, 0.05) is 0 Å². The minimum absolute atomic E-state index is 0.163. The summed E-state index contributed by atoms with van der Waals surface area (Å²) < 4.78 is 48.7. The molecule has 186 valence electrons. The van der Waals surface area contributed by atoms with Gasteiger partial charge >= 0.3 is 194 Å². The summed E-state index contributed by atoms with van der Waals surface area (Å²) in [5, 5.41) is 16.1. The zero-order valence-corrected chi connectivity index (χ0v) is 20.1. The van der Waals surface area contributed by atoms with Gasteiger partial charge in [0.15, 0.2) is 0 Å². The van der Waals surface area contributed by atoms with E-state index in [0.717, 1.165) is 41.2 Å². The topological polar surface area (TPSA) is 83.4 Å². The number of fused-ring (bicyclic) bond motifs is 1. The molecule has 3 rings (SSSR count). The van der Waals surface area contributed by atoms with Crippen molar-refractivity contribution >= 4 is 29.7 Å². The molecule has 10 heteroatoms. The van der Waals surface area contributed by atoms with Crippen molar-refractivity contribution in [2.45, 2.75) is 39.0 Å². The Kier molecular flexibility index (Phi) is 8.25. The van der Waals surface area contributed by atoms with Crippen LogP contribution in [0.15, 0.2) is 60.7 Å². The Labute approximate surface area is 208 Å². The van der Waals surface area contributed by atoms with E-state index in [-0.39, 0.29) is 5.71 Å². The van der Waals surface area contributed by atoms with Gasteiger partial charge in [-0.2, -0.15) is 13.2 Å². The van der Waals surface area contributed by atoms with Crippen LogP contribution in [0.5, 0.6) is 0 Å². The molecule has 0 saturated carbocycles. The first kappa shape index (κ1) is 26.6. The fourth-order valence-corrected chi connectivity index (χ4v) is 3.63. The molecule has 0 saturated heterocycles. The van der Waals surface area contributed by atoms with Crippen molar-refractivity contribution in [2.24, 2.45) is 0 Å². The zero-order chi connectivity index (χ0) is 26.3. The monoisotopic (exact) mass is 495 g/mol. The Hall–Kier alpha value is -4.00. The Morgan fingerprint density at radius 1 is 1.00 bits per heavy atom. The molecule has 6 nitrogen and oxygen atoms in total. The van der Waals surface area contributed by atoms with Crippen molar-refractivity contribution in [1.29, 1.82) is 5.26 Å². The summed E-state index contributed by atoms with van der Waals surface area (Å²) in [6, 6.07) is 16.6. The third-order valence-corrected chi connectivity index (χ3v) is 5.11. The van der Waals surface area contributed by atoms with Crippen molar-refractivity contribution in [1.82, 2.24) is 10.6 Å². The van der Waals surface area contributed by atoms with Crippen LogP contribution >= 0.6 is 0 Å². The first-order valence-electron chi connectivity index (χ1n) is 11.1. The molecule has 0 fully saturated rings. The number of hydrogen-bond donors (Lipinski definition) is 2. The van der Waals surface area contributed by atoms with Crippen LogP contribution in [0, 0.1) is 11.5 Å². The predicted octanol–water partition coefficient (Wildman–Crippen LogP) is 5.39. The quantitative estimate of drug-likeness (QED) is 0.340. The van der Waals surface area contributed by atoms with Gasteiger partial charge in [-0.3, -0.25) is 0 Å². The molecule has 0 unspecified atom stereocenters. The van der Waals surface area contributed by atoms with Gasteiger partial charge in [-0.15, -0.1) is 0 Å². The number of amides is 1. The van der Waals surface area contributed by atoms with E-state index < -0.39 is 23.4 Å². The van der Waals surface area contributed by atoms with E-state index in [4.69, 9.17) is 10.00 Å². The number of hydrogen-bond acceptors (Lipinski definition) is 5. The number of ether oxygens (including phenoxy) is 1. The van der Waals surface area contributed by atoms with Crippen molar-refractivity contribution in [3.8, 4) is 17.4 Å². The molecule has 0 aromatic heterocycles. The van der Waals surface area contributed by atoms with Crippen molar-refractivity contribution < 1.29 is 27.4 Å². The summed E-state index contributed by atoms with van der Waals surface area (Å²) in [5.74, 6) is 0. The van der Waals surface area contributed by atoms with Crippen LogP contribution in [0.3, 0.4) is 0 Å². The second-order valence-corrected chi connectivity index (χ2v) is 8.94. The minimum atomic E-state index is -4.39. The first-order chi connectivity index (χ1) is 17.0. The Bertz CT molecular complexity index is 1290. The second-order valence-electron chi connectivity index (χ2n) is 8.94. The van der Waals surface area contributed by atoms with E-state index in [2.05, 4.69) is 15.3 Å². The van der Waals surface area contributed by atoms with Crippen LogP contribution in [0.1, 0.15) is 31.9 Å². The number of carbonyl (C=O) groups excluding carboxylic acids is 1. The Morgan fingerprint density at radius 3 is 2.31 bits per heavy atom. The fraction of sp³-hybridized carbons (Fsp3) is 0.269. The summed E-state index contributed by atoms with van der Waals surface area (Å²) in [4.78, 5) is 12.1. The molecule has 0 bridgehead atoms. The molecule has 2 N–H and O–H groups in total. The van der Waals surface area contributed by atoms with Crippen LogP contribution in [-0.2, 0) is 22.0 Å².